The molecule has 71 heavy (non-hydrogen) atoms. The second-order valence-electron chi connectivity index (χ2n) is 21.3. The van der Waals surface area contributed by atoms with E-state index < -0.39 is 20.0 Å². The number of carbonyl (C=O) groups excluding carboxylic acids is 1. The van der Waals surface area contributed by atoms with Crippen molar-refractivity contribution in [3.05, 3.63) is 72.9 Å². The molecule has 0 spiro atoms. The largest absolute Gasteiger partial charge is 0.472 e. The summed E-state index contributed by atoms with van der Waals surface area (Å²) < 4.78 is 23.7. The Labute approximate surface area is 440 Å². The summed E-state index contributed by atoms with van der Waals surface area (Å²) in [5.74, 6) is -0.183. The topological polar surface area (TPSA) is 105 Å². The average Bonchev–Trinajstić information content (AvgIpc) is 3.33. The van der Waals surface area contributed by atoms with Crippen LogP contribution >= 0.6 is 7.82 Å². The molecule has 0 aliphatic carbocycles. The van der Waals surface area contributed by atoms with E-state index in [2.05, 4.69) is 79.9 Å². The number of hydrogen-bond acceptors (Lipinski definition) is 5. The summed E-state index contributed by atoms with van der Waals surface area (Å²) >= 11 is 0. The van der Waals surface area contributed by atoms with Crippen LogP contribution in [0.25, 0.3) is 0 Å². The van der Waals surface area contributed by atoms with Gasteiger partial charge in [-0.05, 0) is 64.2 Å². The highest BCUT2D eigenvalue weighted by atomic mass is 31.2. The van der Waals surface area contributed by atoms with E-state index in [1.165, 1.54) is 167 Å². The lowest BCUT2D eigenvalue weighted by molar-refractivity contribution is -0.870. The molecule has 0 aromatic heterocycles. The maximum Gasteiger partial charge on any atom is 0.472 e. The molecule has 0 rings (SSSR count). The summed E-state index contributed by atoms with van der Waals surface area (Å²) in [6.45, 7) is 4.72. The van der Waals surface area contributed by atoms with Crippen LogP contribution in [0.4, 0.5) is 0 Å². The standard InChI is InChI=1S/C62H115N2O6P/c1-6-8-10-12-14-16-18-20-22-24-26-28-30-32-34-36-38-40-42-44-46-48-50-52-54-56-62(66)63-60(59-70-71(67,68)69-58-57-64(3,4)5)61(65)55-53-51-49-47-45-43-41-39-37-35-33-31-29-27-25-23-21-19-17-15-13-11-9-7-2/h8,10,14,16,20,22,26,28,32,34,53,55,60-61,65H,6-7,9,11-13,15,17-19,21,23-25,27,29-31,33,35-52,54,56-59H2,1-5H3,(H-,63,66,67,68)/p+1/b10-8-,16-14-,22-20-,28-26-,34-32-,55-53+. The molecule has 0 bridgehead atoms. The number of likely N-dealkylation sites (N-methyl/N-ethyl adjacent to an activating group) is 1. The van der Waals surface area contributed by atoms with Crippen LogP contribution in [-0.2, 0) is 18.4 Å². The Morgan fingerprint density at radius 1 is 0.493 bits per heavy atom. The van der Waals surface area contributed by atoms with E-state index in [9.17, 15) is 19.4 Å². The average molecular weight is 1020 g/mol. The van der Waals surface area contributed by atoms with Crippen molar-refractivity contribution in [2.24, 2.45) is 0 Å². The summed E-state index contributed by atoms with van der Waals surface area (Å²) in [4.78, 5) is 23.3. The van der Waals surface area contributed by atoms with Gasteiger partial charge < -0.3 is 19.8 Å². The van der Waals surface area contributed by atoms with E-state index in [4.69, 9.17) is 9.05 Å². The molecule has 3 atom stereocenters. The number of phosphoric acid groups is 1. The summed E-state index contributed by atoms with van der Waals surface area (Å²) in [6.07, 6.45) is 72.9. The molecule has 1 amide bonds. The van der Waals surface area contributed by atoms with Crippen molar-refractivity contribution in [1.82, 2.24) is 5.32 Å². The second-order valence-corrected chi connectivity index (χ2v) is 22.8. The van der Waals surface area contributed by atoms with Gasteiger partial charge in [-0.25, -0.2) is 4.57 Å². The zero-order chi connectivity index (χ0) is 52.0. The predicted octanol–water partition coefficient (Wildman–Crippen LogP) is 18.3. The number of unbranched alkanes of at least 4 members (excludes halogenated alkanes) is 31. The van der Waals surface area contributed by atoms with E-state index in [1.807, 2.05) is 27.2 Å². The summed E-state index contributed by atoms with van der Waals surface area (Å²) in [7, 11) is 1.57. The molecule has 0 saturated carbocycles. The third kappa shape index (κ3) is 55.5. The minimum atomic E-state index is -4.35. The molecule has 0 aliphatic rings. The molecule has 3 N–H and O–H groups in total. The molecular formula is C62H116N2O6P+. The van der Waals surface area contributed by atoms with Crippen molar-refractivity contribution in [2.45, 2.75) is 276 Å². The number of aliphatic hydroxyl groups excluding tert-OH is 1. The van der Waals surface area contributed by atoms with Gasteiger partial charge in [-0.15, -0.1) is 0 Å². The first kappa shape index (κ1) is 68.9. The van der Waals surface area contributed by atoms with E-state index in [1.54, 1.807) is 6.08 Å². The Hall–Kier alpha value is -2.06. The molecule has 0 heterocycles. The van der Waals surface area contributed by atoms with Crippen molar-refractivity contribution < 1.29 is 32.9 Å². The number of hydrogen-bond donors (Lipinski definition) is 3. The Kier molecular flexibility index (Phi) is 51.3. The van der Waals surface area contributed by atoms with E-state index in [0.29, 0.717) is 17.4 Å². The van der Waals surface area contributed by atoms with Crippen molar-refractivity contribution in [1.29, 1.82) is 0 Å². The number of rotatable bonds is 54. The fourth-order valence-electron chi connectivity index (χ4n) is 8.54. The summed E-state index contributed by atoms with van der Waals surface area (Å²) in [6, 6.07) is -0.855. The molecule has 0 aliphatic heterocycles. The Balaban J connectivity index is 4.23. The Bertz CT molecular complexity index is 1380. The van der Waals surface area contributed by atoms with Crippen LogP contribution in [0.1, 0.15) is 264 Å². The highest BCUT2D eigenvalue weighted by Crippen LogP contribution is 2.43. The van der Waals surface area contributed by atoms with Crippen LogP contribution in [0.15, 0.2) is 72.9 Å². The molecule has 3 unspecified atom stereocenters. The van der Waals surface area contributed by atoms with Crippen LogP contribution in [0, 0.1) is 0 Å². The van der Waals surface area contributed by atoms with Gasteiger partial charge in [0, 0.05) is 6.42 Å². The van der Waals surface area contributed by atoms with Gasteiger partial charge in [-0.1, -0.05) is 267 Å². The number of amides is 1. The molecule has 0 aromatic carbocycles. The van der Waals surface area contributed by atoms with E-state index >= 15 is 0 Å². The zero-order valence-corrected chi connectivity index (χ0v) is 48.1. The first-order valence-corrected chi connectivity index (χ1v) is 31.3. The van der Waals surface area contributed by atoms with E-state index in [0.717, 1.165) is 77.0 Å². The van der Waals surface area contributed by atoms with Crippen LogP contribution in [0.2, 0.25) is 0 Å². The third-order valence-corrected chi connectivity index (χ3v) is 14.2. The van der Waals surface area contributed by atoms with Crippen LogP contribution in [0.3, 0.4) is 0 Å². The monoisotopic (exact) mass is 1020 g/mol. The van der Waals surface area contributed by atoms with Crippen molar-refractivity contribution in [2.75, 3.05) is 40.9 Å². The minimum Gasteiger partial charge on any atom is -0.387 e. The van der Waals surface area contributed by atoms with Gasteiger partial charge in [0.1, 0.15) is 13.2 Å². The quantitative estimate of drug-likeness (QED) is 0.0243. The highest BCUT2D eigenvalue weighted by molar-refractivity contribution is 7.47. The van der Waals surface area contributed by atoms with Gasteiger partial charge in [-0.3, -0.25) is 13.8 Å². The Morgan fingerprint density at radius 2 is 0.845 bits per heavy atom. The number of carbonyl (C=O) groups is 1. The van der Waals surface area contributed by atoms with Crippen LogP contribution < -0.4 is 5.32 Å². The first-order chi connectivity index (χ1) is 34.5. The number of allylic oxidation sites excluding steroid dienone is 11. The molecule has 8 nitrogen and oxygen atoms in total. The van der Waals surface area contributed by atoms with Gasteiger partial charge in [0.15, 0.2) is 0 Å². The van der Waals surface area contributed by atoms with Crippen molar-refractivity contribution in [3.63, 3.8) is 0 Å². The molecule has 9 heteroatoms. The molecule has 0 saturated heterocycles. The van der Waals surface area contributed by atoms with E-state index in [-0.39, 0.29) is 19.1 Å². The highest BCUT2D eigenvalue weighted by Gasteiger charge is 2.27. The van der Waals surface area contributed by atoms with Gasteiger partial charge >= 0.3 is 7.82 Å². The first-order valence-electron chi connectivity index (χ1n) is 29.8. The fraction of sp³-hybridized carbons (Fsp3) is 0.790. The molecular weight excluding hydrogens is 900 g/mol. The number of aliphatic hydroxyl groups is 1. The van der Waals surface area contributed by atoms with Gasteiger partial charge in [0.2, 0.25) is 5.91 Å². The number of nitrogens with zero attached hydrogens (tertiary/aromatic N) is 1. The lowest BCUT2D eigenvalue weighted by Gasteiger charge is -2.25. The van der Waals surface area contributed by atoms with Crippen molar-refractivity contribution in [3.8, 4) is 0 Å². The number of nitrogens with one attached hydrogen (secondary N) is 1. The fourth-order valence-corrected chi connectivity index (χ4v) is 9.28. The maximum atomic E-state index is 13.0. The molecule has 0 radical (unpaired) electrons. The number of quaternary nitrogens is 1. The minimum absolute atomic E-state index is 0.0576. The van der Waals surface area contributed by atoms with Crippen molar-refractivity contribution >= 4 is 13.7 Å². The zero-order valence-electron chi connectivity index (χ0n) is 47.2. The predicted molar refractivity (Wildman–Crippen MR) is 309 cm³/mol. The lowest BCUT2D eigenvalue weighted by Crippen LogP contribution is -2.45. The smallest absolute Gasteiger partial charge is 0.387 e. The lowest BCUT2D eigenvalue weighted by atomic mass is 10.0. The summed E-state index contributed by atoms with van der Waals surface area (Å²) in [5, 5.41) is 14.0. The molecule has 414 valence electrons. The van der Waals surface area contributed by atoms with Gasteiger partial charge in [-0.2, -0.15) is 0 Å². The van der Waals surface area contributed by atoms with Crippen LogP contribution in [0.5, 0.6) is 0 Å². The van der Waals surface area contributed by atoms with Gasteiger partial charge in [0.25, 0.3) is 0 Å². The summed E-state index contributed by atoms with van der Waals surface area (Å²) in [5.41, 5.74) is 0. The van der Waals surface area contributed by atoms with Crippen LogP contribution in [-0.4, -0.2) is 73.4 Å². The third-order valence-electron chi connectivity index (χ3n) is 13.2. The molecule has 0 aromatic rings. The maximum absolute atomic E-state index is 13.0. The normalized spacial score (nSPS) is 14.4. The second kappa shape index (κ2) is 52.8. The number of phosphoric ester groups is 1. The Morgan fingerprint density at radius 3 is 1.24 bits per heavy atom. The SMILES string of the molecule is CC/C=C\C/C=C\C/C=C\C/C=C\C/C=C\CCCCCCCCCCCC(=O)NC(COP(=O)(O)OCC[N+](C)(C)C)C(O)/C=C/CCCCCCCCCCCCCCCCCCCCCCCC. The molecule has 0 fully saturated rings. The van der Waals surface area contributed by atoms with Gasteiger partial charge in [0.05, 0.1) is 39.9 Å².